The molecule has 7 nitrogen and oxygen atoms in total. The second-order valence-corrected chi connectivity index (χ2v) is 10.4. The summed E-state index contributed by atoms with van der Waals surface area (Å²) in [6, 6.07) is 6.04. The van der Waals surface area contributed by atoms with E-state index < -0.39 is 16.1 Å². The van der Waals surface area contributed by atoms with Gasteiger partial charge in [0.1, 0.15) is 11.9 Å². The number of carbonyl (C=O) groups is 1. The van der Waals surface area contributed by atoms with Gasteiger partial charge in [-0.3, -0.25) is 14.5 Å². The van der Waals surface area contributed by atoms with Gasteiger partial charge in [-0.15, -0.1) is 0 Å². The predicted molar refractivity (Wildman–Crippen MR) is 114 cm³/mol. The van der Waals surface area contributed by atoms with E-state index in [-0.39, 0.29) is 22.6 Å². The number of sulfonamides is 1. The van der Waals surface area contributed by atoms with Crippen LogP contribution in [-0.4, -0.2) is 57.3 Å². The van der Waals surface area contributed by atoms with Crippen molar-refractivity contribution in [3.8, 4) is 0 Å². The van der Waals surface area contributed by atoms with E-state index in [1.165, 1.54) is 6.42 Å². The zero-order valence-corrected chi connectivity index (χ0v) is 18.5. The maximum Gasteiger partial charge on any atom is 0.263 e. The number of hydrogen-bond donors (Lipinski definition) is 2. The Morgan fingerprint density at radius 1 is 1.24 bits per heavy atom. The lowest BCUT2D eigenvalue weighted by Gasteiger charge is -2.35. The molecule has 160 valence electrons. The Morgan fingerprint density at radius 2 is 1.90 bits per heavy atom. The summed E-state index contributed by atoms with van der Waals surface area (Å²) in [5, 5.41) is 2.99. The molecule has 2 aliphatic heterocycles. The summed E-state index contributed by atoms with van der Waals surface area (Å²) in [5.41, 5.74) is 0.516. The van der Waals surface area contributed by atoms with Crippen molar-refractivity contribution in [2.45, 2.75) is 45.1 Å². The molecule has 1 aromatic carbocycles. The molecule has 0 bridgehead atoms. The van der Waals surface area contributed by atoms with Gasteiger partial charge in [0, 0.05) is 31.7 Å². The van der Waals surface area contributed by atoms with Gasteiger partial charge in [0.15, 0.2) is 0 Å². The number of nitrogens with zero attached hydrogens (tertiary/aromatic N) is 2. The summed E-state index contributed by atoms with van der Waals surface area (Å²) in [6.07, 6.45) is 1.26. The van der Waals surface area contributed by atoms with Crippen molar-refractivity contribution in [1.29, 1.82) is 0 Å². The fraction of sp³-hybridized carbons (Fsp3) is 0.619. The highest BCUT2D eigenvalue weighted by Gasteiger charge is 2.32. The van der Waals surface area contributed by atoms with Gasteiger partial charge in [0.05, 0.1) is 4.90 Å². The fourth-order valence-electron chi connectivity index (χ4n) is 4.30. The first-order valence-electron chi connectivity index (χ1n) is 10.4. The third-order valence-corrected chi connectivity index (χ3v) is 6.90. The molecular weight excluding hydrogens is 388 g/mol. The summed E-state index contributed by atoms with van der Waals surface area (Å²) in [4.78, 5) is 19.9. The zero-order chi connectivity index (χ0) is 21.2. The van der Waals surface area contributed by atoms with Crippen LogP contribution >= 0.6 is 0 Å². The largest absolute Gasteiger partial charge is 0.353 e. The van der Waals surface area contributed by atoms with Crippen LogP contribution in [0.5, 0.6) is 0 Å². The van der Waals surface area contributed by atoms with Gasteiger partial charge in [0.25, 0.3) is 10.0 Å². The molecule has 1 fully saturated rings. The van der Waals surface area contributed by atoms with E-state index in [0.717, 1.165) is 19.6 Å². The van der Waals surface area contributed by atoms with Crippen molar-refractivity contribution < 1.29 is 13.2 Å². The molecule has 29 heavy (non-hydrogen) atoms. The lowest BCUT2D eigenvalue weighted by molar-refractivity contribution is -0.123. The van der Waals surface area contributed by atoms with Crippen molar-refractivity contribution in [3.63, 3.8) is 0 Å². The normalized spacial score (nSPS) is 26.2. The number of amidine groups is 1. The topological polar surface area (TPSA) is 90.9 Å². The number of benzene rings is 1. The number of likely N-dealkylation sites (tertiary alicyclic amines) is 1. The maximum atomic E-state index is 12.8. The number of carbonyl (C=O) groups excluding carboxylic acids is 1. The molecule has 1 saturated heterocycles. The number of rotatable bonds is 6. The van der Waals surface area contributed by atoms with Gasteiger partial charge in [-0.1, -0.05) is 39.8 Å². The summed E-state index contributed by atoms with van der Waals surface area (Å²) in [7, 11) is -3.61. The average molecular weight is 421 g/mol. The highest BCUT2D eigenvalue weighted by molar-refractivity contribution is 7.90. The third kappa shape index (κ3) is 5.17. The lowest BCUT2D eigenvalue weighted by atomic mass is 9.92. The molecule has 0 spiro atoms. The van der Waals surface area contributed by atoms with Crippen LogP contribution in [0.2, 0.25) is 0 Å². The number of amides is 1. The smallest absolute Gasteiger partial charge is 0.263 e. The standard InChI is InChI=1S/C21H32N4O3S/c1-14(2)19(21(26)22-9-10-25-12-15(3)11-16(4)13-25)23-20-17-7-5-6-8-18(17)29(27,28)24-20/h5-8,14-16,19H,9-13H2,1-4H3,(H,22,26)(H,23,24)/t15?,16?,19-/m0/s1. The molecule has 2 aliphatic rings. The quantitative estimate of drug-likeness (QED) is 0.735. The lowest BCUT2D eigenvalue weighted by Crippen LogP contribution is -2.45. The monoisotopic (exact) mass is 420 g/mol. The molecule has 3 rings (SSSR count). The van der Waals surface area contributed by atoms with Crippen molar-refractivity contribution in [1.82, 2.24) is 14.9 Å². The number of hydrogen-bond acceptors (Lipinski definition) is 5. The Hall–Kier alpha value is -1.93. The second kappa shape index (κ2) is 8.83. The summed E-state index contributed by atoms with van der Waals surface area (Å²) in [6.45, 7) is 11.9. The van der Waals surface area contributed by atoms with Gasteiger partial charge in [0.2, 0.25) is 5.91 Å². The van der Waals surface area contributed by atoms with E-state index >= 15 is 0 Å². The van der Waals surface area contributed by atoms with Crippen molar-refractivity contribution in [2.75, 3.05) is 26.2 Å². The molecular formula is C21H32N4O3S. The average Bonchev–Trinajstić information content (AvgIpc) is 2.89. The Balaban J connectivity index is 1.66. The van der Waals surface area contributed by atoms with E-state index in [0.29, 0.717) is 23.9 Å². The molecule has 0 radical (unpaired) electrons. The molecule has 0 saturated carbocycles. The highest BCUT2D eigenvalue weighted by atomic mass is 32.2. The SMILES string of the molecule is CC1CC(C)CN(CCNC(=O)[C@@H](N=C2NS(=O)(=O)c3ccccc32)C(C)C)C1. The number of nitrogens with one attached hydrogen (secondary N) is 2. The van der Waals surface area contributed by atoms with Crippen LogP contribution < -0.4 is 10.0 Å². The molecule has 3 atom stereocenters. The number of piperidine rings is 1. The molecule has 2 heterocycles. The zero-order valence-electron chi connectivity index (χ0n) is 17.7. The van der Waals surface area contributed by atoms with Crippen LogP contribution in [0.3, 0.4) is 0 Å². The number of aliphatic imine (C=N–C) groups is 1. The molecule has 2 N–H and O–H groups in total. The second-order valence-electron chi connectivity index (χ2n) is 8.76. The molecule has 1 amide bonds. The summed E-state index contributed by atoms with van der Waals surface area (Å²) < 4.78 is 27.1. The third-order valence-electron chi connectivity index (χ3n) is 5.50. The van der Waals surface area contributed by atoms with Gasteiger partial charge in [-0.05, 0) is 36.3 Å². The van der Waals surface area contributed by atoms with Gasteiger partial charge < -0.3 is 10.2 Å². The first kappa shape index (κ1) is 21.8. The maximum absolute atomic E-state index is 12.8. The summed E-state index contributed by atoms with van der Waals surface area (Å²) >= 11 is 0. The Labute approximate surface area is 174 Å². The molecule has 8 heteroatoms. The van der Waals surface area contributed by atoms with Crippen molar-refractivity contribution >= 4 is 21.8 Å². The Morgan fingerprint density at radius 3 is 2.55 bits per heavy atom. The van der Waals surface area contributed by atoms with Crippen LogP contribution in [0.25, 0.3) is 0 Å². The van der Waals surface area contributed by atoms with Crippen LogP contribution in [0.4, 0.5) is 0 Å². The Bertz CT molecular complexity index is 872. The number of fused-ring (bicyclic) bond motifs is 1. The minimum atomic E-state index is -3.61. The van der Waals surface area contributed by atoms with Crippen molar-refractivity contribution in [2.24, 2.45) is 22.7 Å². The first-order chi connectivity index (χ1) is 13.7. The fourth-order valence-corrected chi connectivity index (χ4v) is 5.53. The minimum absolute atomic E-state index is 0.0604. The molecule has 0 aliphatic carbocycles. The predicted octanol–water partition coefficient (Wildman–Crippen LogP) is 1.84. The minimum Gasteiger partial charge on any atom is -0.353 e. The van der Waals surface area contributed by atoms with Crippen LogP contribution in [0, 0.1) is 17.8 Å². The van der Waals surface area contributed by atoms with E-state index in [9.17, 15) is 13.2 Å². The highest BCUT2D eigenvalue weighted by Crippen LogP contribution is 2.23. The van der Waals surface area contributed by atoms with Gasteiger partial charge in [-0.25, -0.2) is 8.42 Å². The van der Waals surface area contributed by atoms with Gasteiger partial charge >= 0.3 is 0 Å². The van der Waals surface area contributed by atoms with E-state index in [1.54, 1.807) is 24.3 Å². The molecule has 1 aromatic rings. The van der Waals surface area contributed by atoms with Crippen LogP contribution in [-0.2, 0) is 14.8 Å². The van der Waals surface area contributed by atoms with Crippen LogP contribution in [0.1, 0.15) is 39.7 Å². The van der Waals surface area contributed by atoms with Crippen LogP contribution in [0.15, 0.2) is 34.2 Å². The van der Waals surface area contributed by atoms with Gasteiger partial charge in [-0.2, -0.15) is 0 Å². The first-order valence-corrected chi connectivity index (χ1v) is 11.9. The van der Waals surface area contributed by atoms with E-state index in [4.69, 9.17) is 0 Å². The summed E-state index contributed by atoms with van der Waals surface area (Å²) in [5.74, 6) is 1.37. The van der Waals surface area contributed by atoms with Crippen molar-refractivity contribution in [3.05, 3.63) is 29.8 Å². The molecule has 0 aromatic heterocycles. The Kier molecular flexibility index (Phi) is 6.63. The molecule has 2 unspecified atom stereocenters. The van der Waals surface area contributed by atoms with E-state index in [2.05, 4.69) is 33.8 Å². The van der Waals surface area contributed by atoms with E-state index in [1.807, 2.05) is 13.8 Å².